The molecule has 0 saturated carbocycles. The molecule has 0 aliphatic heterocycles. The summed E-state index contributed by atoms with van der Waals surface area (Å²) in [5.41, 5.74) is 8.96. The van der Waals surface area contributed by atoms with Gasteiger partial charge in [0.05, 0.1) is 5.69 Å². The summed E-state index contributed by atoms with van der Waals surface area (Å²) in [7, 11) is 0. The van der Waals surface area contributed by atoms with Gasteiger partial charge in [-0.1, -0.05) is 31.5 Å². The number of hydrogen-bond donors (Lipinski definition) is 5. The van der Waals surface area contributed by atoms with E-state index in [-0.39, 0.29) is 36.2 Å². The number of aromatic amines is 1. The summed E-state index contributed by atoms with van der Waals surface area (Å²) in [6.07, 6.45) is 0.160. The second-order valence-electron chi connectivity index (χ2n) is 8.33. The van der Waals surface area contributed by atoms with Gasteiger partial charge in [-0.3, -0.25) is 4.79 Å². The number of anilines is 1. The molecule has 0 fully saturated rings. The highest BCUT2D eigenvalue weighted by atomic mass is 35.5. The molecule has 2 atom stereocenters. The first-order chi connectivity index (χ1) is 17.2. The standard InChI is InChI=1S/C24H24ClN3O6.C2H6/c1-11(23(30)31)34-18-6-12(10-26)2-5-16(18)27-19(29)8-14-4-3-13-7-15(25)9-17-20(13)21(14)22(28-17)24(32)33;1-2/h2,5-7,9,11,14,28H,3-4,8,10,26H2,1H3,(H,27,29)(H,30,31)(H,32,33);1-2H3. The minimum absolute atomic E-state index is 0.0435. The lowest BCUT2D eigenvalue weighted by Crippen LogP contribution is -2.24. The van der Waals surface area contributed by atoms with Gasteiger partial charge in [0.15, 0.2) is 6.10 Å². The van der Waals surface area contributed by atoms with E-state index >= 15 is 0 Å². The van der Waals surface area contributed by atoms with E-state index in [1.165, 1.54) is 6.92 Å². The Hall–Kier alpha value is -3.56. The normalized spacial score (nSPS) is 15.0. The molecule has 2 unspecified atom stereocenters. The molecule has 6 N–H and O–H groups in total. The number of ether oxygens (including phenoxy) is 1. The molecule has 4 rings (SSSR count). The van der Waals surface area contributed by atoms with Gasteiger partial charge in [-0.25, -0.2) is 9.59 Å². The van der Waals surface area contributed by atoms with E-state index < -0.39 is 18.0 Å². The zero-order valence-electron chi connectivity index (χ0n) is 20.4. The van der Waals surface area contributed by atoms with Crippen molar-refractivity contribution in [3.05, 3.63) is 57.7 Å². The molecule has 1 heterocycles. The molecule has 3 aromatic rings. The van der Waals surface area contributed by atoms with Gasteiger partial charge >= 0.3 is 11.9 Å². The molecular formula is C26H30ClN3O6. The number of rotatable bonds is 8. The minimum Gasteiger partial charge on any atom is -0.479 e. The van der Waals surface area contributed by atoms with E-state index in [4.69, 9.17) is 22.1 Å². The van der Waals surface area contributed by atoms with E-state index in [1.807, 2.05) is 19.9 Å². The average molecular weight is 516 g/mol. The Kier molecular flexibility index (Phi) is 8.60. The molecule has 0 radical (unpaired) electrons. The summed E-state index contributed by atoms with van der Waals surface area (Å²) in [5.74, 6) is -2.71. The number of carboxylic acids is 2. The monoisotopic (exact) mass is 515 g/mol. The highest BCUT2D eigenvalue weighted by molar-refractivity contribution is 6.31. The SMILES string of the molecule is CC.CC(Oc1cc(CN)ccc1NC(=O)CC1CCc2cc(Cl)cc3[nH]c(C(=O)O)c1c23)C(=O)O. The summed E-state index contributed by atoms with van der Waals surface area (Å²) < 4.78 is 5.52. The zero-order valence-corrected chi connectivity index (χ0v) is 21.1. The Labute approximate surface area is 213 Å². The van der Waals surface area contributed by atoms with Gasteiger partial charge in [-0.2, -0.15) is 0 Å². The van der Waals surface area contributed by atoms with Crippen molar-refractivity contribution in [2.75, 3.05) is 5.32 Å². The number of amides is 1. The van der Waals surface area contributed by atoms with Crippen molar-refractivity contribution in [2.24, 2.45) is 5.73 Å². The van der Waals surface area contributed by atoms with Crippen molar-refractivity contribution in [2.45, 2.75) is 58.6 Å². The average Bonchev–Trinajstić information content (AvgIpc) is 3.23. The van der Waals surface area contributed by atoms with E-state index in [0.29, 0.717) is 40.2 Å². The van der Waals surface area contributed by atoms with Crippen molar-refractivity contribution in [1.82, 2.24) is 4.98 Å². The smallest absolute Gasteiger partial charge is 0.352 e. The molecule has 0 bridgehead atoms. The number of carboxylic acid groups (broad SMARTS) is 2. The third-order valence-electron chi connectivity index (χ3n) is 6.01. The Balaban J connectivity index is 0.00000176. The summed E-state index contributed by atoms with van der Waals surface area (Å²) in [6.45, 7) is 5.61. The first kappa shape index (κ1) is 27.0. The largest absolute Gasteiger partial charge is 0.479 e. The second kappa shape index (κ2) is 11.5. The first-order valence-electron chi connectivity index (χ1n) is 11.8. The van der Waals surface area contributed by atoms with Gasteiger partial charge in [0.1, 0.15) is 11.4 Å². The molecule has 36 heavy (non-hydrogen) atoms. The van der Waals surface area contributed by atoms with Crippen LogP contribution < -0.4 is 15.8 Å². The quantitative estimate of drug-likeness (QED) is 0.285. The van der Waals surface area contributed by atoms with Crippen LogP contribution >= 0.6 is 11.6 Å². The fourth-order valence-corrected chi connectivity index (χ4v) is 4.66. The number of aryl methyl sites for hydroxylation is 1. The summed E-state index contributed by atoms with van der Waals surface area (Å²) in [6, 6.07) is 8.43. The lowest BCUT2D eigenvalue weighted by Gasteiger charge is -2.23. The number of nitrogens with one attached hydrogen (secondary N) is 2. The van der Waals surface area contributed by atoms with Gasteiger partial charge in [0.2, 0.25) is 5.91 Å². The van der Waals surface area contributed by atoms with Crippen LogP contribution in [0.2, 0.25) is 5.02 Å². The van der Waals surface area contributed by atoms with Crippen LogP contribution in [0.3, 0.4) is 0 Å². The lowest BCUT2D eigenvalue weighted by atomic mass is 9.81. The fourth-order valence-electron chi connectivity index (χ4n) is 4.42. The number of halogens is 1. The lowest BCUT2D eigenvalue weighted by molar-refractivity contribution is -0.144. The van der Waals surface area contributed by atoms with Crippen molar-refractivity contribution in [3.8, 4) is 5.75 Å². The summed E-state index contributed by atoms with van der Waals surface area (Å²) in [5, 5.41) is 23.0. The maximum absolute atomic E-state index is 13.0. The van der Waals surface area contributed by atoms with Crippen LogP contribution in [0, 0.1) is 0 Å². The molecule has 192 valence electrons. The van der Waals surface area contributed by atoms with E-state index in [0.717, 1.165) is 10.9 Å². The Bertz CT molecular complexity index is 1300. The molecular weight excluding hydrogens is 486 g/mol. The number of carbonyl (C=O) groups excluding carboxylic acids is 1. The van der Waals surface area contributed by atoms with Crippen LogP contribution in [0.4, 0.5) is 5.69 Å². The van der Waals surface area contributed by atoms with Crippen LogP contribution in [-0.2, 0) is 22.6 Å². The van der Waals surface area contributed by atoms with Gasteiger partial charge in [0.25, 0.3) is 0 Å². The van der Waals surface area contributed by atoms with Crippen molar-refractivity contribution < 1.29 is 29.3 Å². The second-order valence-corrected chi connectivity index (χ2v) is 8.76. The number of aliphatic carboxylic acids is 1. The number of aromatic nitrogens is 1. The van der Waals surface area contributed by atoms with Crippen molar-refractivity contribution in [3.63, 3.8) is 0 Å². The zero-order chi connectivity index (χ0) is 26.6. The van der Waals surface area contributed by atoms with E-state index in [2.05, 4.69) is 10.3 Å². The predicted molar refractivity (Wildman–Crippen MR) is 138 cm³/mol. The Morgan fingerprint density at radius 1 is 1.22 bits per heavy atom. The molecule has 1 amide bonds. The highest BCUT2D eigenvalue weighted by Crippen LogP contribution is 2.42. The summed E-state index contributed by atoms with van der Waals surface area (Å²) >= 11 is 6.18. The third-order valence-corrected chi connectivity index (χ3v) is 6.22. The number of H-pyrrole nitrogens is 1. The Morgan fingerprint density at radius 3 is 2.58 bits per heavy atom. The van der Waals surface area contributed by atoms with Crippen LogP contribution in [0.1, 0.15) is 66.7 Å². The van der Waals surface area contributed by atoms with Crippen molar-refractivity contribution in [1.29, 1.82) is 0 Å². The molecule has 1 aliphatic carbocycles. The van der Waals surface area contributed by atoms with Crippen LogP contribution in [0.5, 0.6) is 5.75 Å². The maximum Gasteiger partial charge on any atom is 0.352 e. The van der Waals surface area contributed by atoms with E-state index in [9.17, 15) is 24.6 Å². The molecule has 0 saturated heterocycles. The molecule has 9 nitrogen and oxygen atoms in total. The number of hydrogen-bond acceptors (Lipinski definition) is 5. The summed E-state index contributed by atoms with van der Waals surface area (Å²) in [4.78, 5) is 39.1. The highest BCUT2D eigenvalue weighted by Gasteiger charge is 2.31. The van der Waals surface area contributed by atoms with Gasteiger partial charge < -0.3 is 31.0 Å². The minimum atomic E-state index is -1.14. The van der Waals surface area contributed by atoms with Gasteiger partial charge in [-0.15, -0.1) is 0 Å². The topological polar surface area (TPSA) is 155 Å². The number of carbonyl (C=O) groups is 3. The number of aromatic carboxylic acids is 1. The predicted octanol–water partition coefficient (Wildman–Crippen LogP) is 4.91. The third kappa shape index (κ3) is 5.63. The van der Waals surface area contributed by atoms with Crippen molar-refractivity contribution >= 4 is 46.0 Å². The Morgan fingerprint density at radius 2 is 1.94 bits per heavy atom. The maximum atomic E-state index is 13.0. The molecule has 1 aromatic heterocycles. The van der Waals surface area contributed by atoms with Gasteiger partial charge in [0, 0.05) is 28.9 Å². The number of benzene rings is 2. The first-order valence-corrected chi connectivity index (χ1v) is 12.1. The molecule has 10 heteroatoms. The molecule has 2 aromatic carbocycles. The van der Waals surface area contributed by atoms with Crippen LogP contribution in [0.25, 0.3) is 10.9 Å². The molecule has 1 aliphatic rings. The number of nitrogens with two attached hydrogens (primary N) is 1. The van der Waals surface area contributed by atoms with Crippen LogP contribution in [-0.4, -0.2) is 39.1 Å². The molecule has 0 spiro atoms. The van der Waals surface area contributed by atoms with Crippen LogP contribution in [0.15, 0.2) is 30.3 Å². The fraction of sp³-hybridized carbons (Fsp3) is 0.346. The van der Waals surface area contributed by atoms with Gasteiger partial charge in [-0.05, 0) is 66.6 Å². The van der Waals surface area contributed by atoms with E-state index in [1.54, 1.807) is 24.3 Å².